The molecule has 2 atom stereocenters. The summed E-state index contributed by atoms with van der Waals surface area (Å²) in [5.74, 6) is 0.887. The van der Waals surface area contributed by atoms with Crippen LogP contribution in [0.25, 0.3) is 0 Å². The number of aromatic nitrogens is 2. The first-order chi connectivity index (χ1) is 15.4. The molecule has 1 saturated heterocycles. The Balaban J connectivity index is 1.42. The predicted octanol–water partition coefficient (Wildman–Crippen LogP) is 2.30. The number of carbonyl (C=O) groups is 2. The molecule has 2 unspecified atom stereocenters. The standard InChI is InChI=1S/C23H39N5O4/c1-17-15-28(16-18(2)31-17)14-8-13-24-20(30)9-10-21-25-22(27-32-21)23(26-19(3)29)11-6-4-5-7-12-23/h17-18H,4-16H2,1-3H3,(H,24,30)(H,26,29). The maximum Gasteiger partial charge on any atom is 0.227 e. The molecule has 9 heteroatoms. The normalized spacial score (nSPS) is 24.0. The summed E-state index contributed by atoms with van der Waals surface area (Å²) in [4.78, 5) is 31.0. The maximum atomic E-state index is 12.2. The van der Waals surface area contributed by atoms with Gasteiger partial charge in [0.2, 0.25) is 17.7 Å². The molecule has 9 nitrogen and oxygen atoms in total. The molecule has 1 saturated carbocycles. The van der Waals surface area contributed by atoms with Crippen molar-refractivity contribution in [2.75, 3.05) is 26.2 Å². The highest BCUT2D eigenvalue weighted by Gasteiger charge is 2.38. The van der Waals surface area contributed by atoms with Gasteiger partial charge < -0.3 is 19.9 Å². The number of aryl methyl sites for hydroxylation is 1. The first-order valence-corrected chi connectivity index (χ1v) is 12.1. The third-order valence-corrected chi connectivity index (χ3v) is 6.30. The Bertz CT molecular complexity index is 735. The zero-order chi connectivity index (χ0) is 23.0. The molecular weight excluding hydrogens is 410 g/mol. The molecule has 0 aromatic carbocycles. The molecule has 3 rings (SSSR count). The molecular formula is C23H39N5O4. The summed E-state index contributed by atoms with van der Waals surface area (Å²) in [5, 5.41) is 10.2. The van der Waals surface area contributed by atoms with Crippen molar-refractivity contribution in [3.63, 3.8) is 0 Å². The largest absolute Gasteiger partial charge is 0.373 e. The maximum absolute atomic E-state index is 12.2. The number of amides is 2. The van der Waals surface area contributed by atoms with Crippen molar-refractivity contribution in [3.8, 4) is 0 Å². The van der Waals surface area contributed by atoms with Gasteiger partial charge in [0.1, 0.15) is 5.54 Å². The van der Waals surface area contributed by atoms with E-state index in [1.807, 2.05) is 0 Å². The van der Waals surface area contributed by atoms with E-state index in [2.05, 4.69) is 39.5 Å². The zero-order valence-corrected chi connectivity index (χ0v) is 19.8. The monoisotopic (exact) mass is 449 g/mol. The molecule has 1 aliphatic carbocycles. The van der Waals surface area contributed by atoms with Crippen molar-refractivity contribution in [1.82, 2.24) is 25.7 Å². The van der Waals surface area contributed by atoms with Gasteiger partial charge in [-0.25, -0.2) is 0 Å². The van der Waals surface area contributed by atoms with Crippen LogP contribution in [0.2, 0.25) is 0 Å². The molecule has 1 aromatic rings. The van der Waals surface area contributed by atoms with Crippen molar-refractivity contribution in [2.24, 2.45) is 0 Å². The average molecular weight is 450 g/mol. The van der Waals surface area contributed by atoms with E-state index in [0.717, 1.165) is 64.6 Å². The Hall–Kier alpha value is -2.00. The van der Waals surface area contributed by atoms with Crippen LogP contribution in [0.5, 0.6) is 0 Å². The van der Waals surface area contributed by atoms with Crippen LogP contribution in [0.4, 0.5) is 0 Å². The van der Waals surface area contributed by atoms with Crippen molar-refractivity contribution in [2.45, 2.75) is 96.3 Å². The van der Waals surface area contributed by atoms with Gasteiger partial charge in [-0.15, -0.1) is 0 Å². The van der Waals surface area contributed by atoms with Crippen molar-refractivity contribution in [3.05, 3.63) is 11.7 Å². The van der Waals surface area contributed by atoms with Crippen LogP contribution in [0.3, 0.4) is 0 Å². The molecule has 0 radical (unpaired) electrons. The lowest BCUT2D eigenvalue weighted by molar-refractivity contribution is -0.122. The van der Waals surface area contributed by atoms with Crippen LogP contribution in [0, 0.1) is 0 Å². The number of rotatable bonds is 9. The number of ether oxygens (including phenoxy) is 1. The Kier molecular flexibility index (Phi) is 9.04. The fourth-order valence-electron chi connectivity index (χ4n) is 4.93. The van der Waals surface area contributed by atoms with Crippen LogP contribution in [-0.2, 0) is 26.3 Å². The summed E-state index contributed by atoms with van der Waals surface area (Å²) >= 11 is 0. The molecule has 2 heterocycles. The van der Waals surface area contributed by atoms with E-state index in [0.29, 0.717) is 31.1 Å². The number of nitrogens with zero attached hydrogens (tertiary/aromatic N) is 3. The minimum atomic E-state index is -0.555. The molecule has 2 aliphatic rings. The number of nitrogens with one attached hydrogen (secondary N) is 2. The Labute approximate surface area is 191 Å². The lowest BCUT2D eigenvalue weighted by atomic mass is 9.89. The lowest BCUT2D eigenvalue weighted by Gasteiger charge is -2.35. The van der Waals surface area contributed by atoms with Gasteiger partial charge in [-0.05, 0) is 33.1 Å². The number of morpholine rings is 1. The van der Waals surface area contributed by atoms with Crippen LogP contribution >= 0.6 is 0 Å². The predicted molar refractivity (Wildman–Crippen MR) is 120 cm³/mol. The van der Waals surface area contributed by atoms with Gasteiger partial charge in [0.25, 0.3) is 0 Å². The third-order valence-electron chi connectivity index (χ3n) is 6.30. The Morgan fingerprint density at radius 3 is 2.47 bits per heavy atom. The van der Waals surface area contributed by atoms with E-state index >= 15 is 0 Å². The third kappa shape index (κ3) is 7.27. The van der Waals surface area contributed by atoms with Crippen LogP contribution in [-0.4, -0.2) is 65.2 Å². The zero-order valence-electron chi connectivity index (χ0n) is 19.8. The molecule has 0 bridgehead atoms. The van der Waals surface area contributed by atoms with Gasteiger partial charge in [0.15, 0.2) is 5.82 Å². The van der Waals surface area contributed by atoms with E-state index in [1.165, 1.54) is 6.92 Å². The average Bonchev–Trinajstić information content (AvgIpc) is 3.09. The second-order valence-electron chi connectivity index (χ2n) is 9.41. The second kappa shape index (κ2) is 11.7. The molecule has 32 heavy (non-hydrogen) atoms. The first kappa shape index (κ1) is 24.6. The number of carbonyl (C=O) groups excluding carboxylic acids is 2. The van der Waals surface area contributed by atoms with E-state index in [1.54, 1.807) is 0 Å². The van der Waals surface area contributed by atoms with Gasteiger partial charge in [-0.3, -0.25) is 14.5 Å². The highest BCUT2D eigenvalue weighted by molar-refractivity contribution is 5.76. The van der Waals surface area contributed by atoms with E-state index in [4.69, 9.17) is 9.26 Å². The SMILES string of the molecule is CC(=O)NC1(c2noc(CCC(=O)NCCCN3CC(C)OC(C)C3)n2)CCCCCC1. The first-order valence-electron chi connectivity index (χ1n) is 12.1. The minimum absolute atomic E-state index is 0.0143. The fraction of sp³-hybridized carbons (Fsp3) is 0.826. The highest BCUT2D eigenvalue weighted by atomic mass is 16.5. The summed E-state index contributed by atoms with van der Waals surface area (Å²) in [6.45, 7) is 9.21. The van der Waals surface area contributed by atoms with Gasteiger partial charge in [-0.2, -0.15) is 4.98 Å². The van der Waals surface area contributed by atoms with E-state index in [9.17, 15) is 9.59 Å². The van der Waals surface area contributed by atoms with E-state index in [-0.39, 0.29) is 24.0 Å². The van der Waals surface area contributed by atoms with Crippen LogP contribution < -0.4 is 10.6 Å². The lowest BCUT2D eigenvalue weighted by Crippen LogP contribution is -2.46. The summed E-state index contributed by atoms with van der Waals surface area (Å²) in [5.41, 5.74) is -0.555. The highest BCUT2D eigenvalue weighted by Crippen LogP contribution is 2.34. The second-order valence-corrected chi connectivity index (χ2v) is 9.41. The van der Waals surface area contributed by atoms with Gasteiger partial charge in [0.05, 0.1) is 12.2 Å². The number of hydrogen-bond donors (Lipinski definition) is 2. The molecule has 0 spiro atoms. The Morgan fingerprint density at radius 2 is 1.81 bits per heavy atom. The van der Waals surface area contributed by atoms with Crippen molar-refractivity contribution >= 4 is 11.8 Å². The Morgan fingerprint density at radius 1 is 1.12 bits per heavy atom. The van der Waals surface area contributed by atoms with Crippen molar-refractivity contribution < 1.29 is 18.8 Å². The molecule has 1 aliphatic heterocycles. The summed E-state index contributed by atoms with van der Waals surface area (Å²) in [7, 11) is 0. The smallest absolute Gasteiger partial charge is 0.227 e. The summed E-state index contributed by atoms with van der Waals surface area (Å²) in [6, 6.07) is 0. The van der Waals surface area contributed by atoms with Gasteiger partial charge in [0, 0.05) is 45.9 Å². The molecule has 2 amide bonds. The number of hydrogen-bond acceptors (Lipinski definition) is 7. The summed E-state index contributed by atoms with van der Waals surface area (Å²) in [6.07, 6.45) is 8.10. The van der Waals surface area contributed by atoms with Crippen LogP contribution in [0.1, 0.15) is 83.9 Å². The summed E-state index contributed by atoms with van der Waals surface area (Å²) < 4.78 is 11.2. The minimum Gasteiger partial charge on any atom is -0.373 e. The quantitative estimate of drug-likeness (QED) is 0.440. The van der Waals surface area contributed by atoms with E-state index < -0.39 is 5.54 Å². The van der Waals surface area contributed by atoms with Crippen molar-refractivity contribution in [1.29, 1.82) is 0 Å². The van der Waals surface area contributed by atoms with Crippen LogP contribution in [0.15, 0.2) is 4.52 Å². The van der Waals surface area contributed by atoms with Gasteiger partial charge in [-0.1, -0.05) is 30.8 Å². The fourth-order valence-corrected chi connectivity index (χ4v) is 4.93. The molecule has 2 fully saturated rings. The topological polar surface area (TPSA) is 110 Å². The molecule has 1 aromatic heterocycles. The van der Waals surface area contributed by atoms with Gasteiger partial charge >= 0.3 is 0 Å². The molecule has 2 N–H and O–H groups in total. The molecule has 180 valence electrons.